The van der Waals surface area contributed by atoms with Gasteiger partial charge >= 0.3 is 0 Å². The van der Waals surface area contributed by atoms with Gasteiger partial charge in [-0.25, -0.2) is 12.8 Å². The van der Waals surface area contributed by atoms with Crippen LogP contribution in [0.2, 0.25) is 0 Å². The fraction of sp³-hybridized carbons (Fsp3) is 0.750. The van der Waals surface area contributed by atoms with E-state index in [4.69, 9.17) is 4.52 Å². The van der Waals surface area contributed by atoms with Crippen molar-refractivity contribution in [2.75, 3.05) is 13.1 Å². The number of alkyl halides is 1. The van der Waals surface area contributed by atoms with Crippen LogP contribution in [-0.4, -0.2) is 47.7 Å². The van der Waals surface area contributed by atoms with Gasteiger partial charge in [-0.05, 0) is 20.3 Å². The molecule has 0 aromatic carbocycles. The summed E-state index contributed by atoms with van der Waals surface area (Å²) in [6.07, 6.45) is -1.14. The summed E-state index contributed by atoms with van der Waals surface area (Å²) < 4.78 is 43.4. The summed E-state index contributed by atoms with van der Waals surface area (Å²) in [6, 6.07) is 1.67. The highest BCUT2D eigenvalue weighted by Crippen LogP contribution is 2.29. The van der Waals surface area contributed by atoms with Crippen molar-refractivity contribution >= 4 is 15.8 Å². The lowest BCUT2D eigenvalue weighted by Crippen LogP contribution is -2.49. The fourth-order valence-corrected chi connectivity index (χ4v) is 4.21. The number of nitrogens with zero attached hydrogens (tertiary/aromatic N) is 2. The maximum absolute atomic E-state index is 13.3. The number of halogens is 1. The Bertz CT molecular complexity index is 719. The quantitative estimate of drug-likeness (QED) is 0.804. The molecular formula is C16H25FN2O4S. The molecule has 1 saturated heterocycles. The Labute approximate surface area is 142 Å². The summed E-state index contributed by atoms with van der Waals surface area (Å²) in [5.41, 5.74) is 0.152. The molecule has 2 rings (SSSR count). The van der Waals surface area contributed by atoms with Crippen LogP contribution in [0, 0.1) is 0 Å². The molecule has 0 radical (unpaired) electrons. The number of rotatable bonds is 5. The number of hydrogen-bond acceptors (Lipinski definition) is 5. The predicted octanol–water partition coefficient (Wildman–Crippen LogP) is 2.24. The summed E-state index contributed by atoms with van der Waals surface area (Å²) in [6.45, 7) is 8.51. The van der Waals surface area contributed by atoms with E-state index in [0.717, 1.165) is 4.31 Å². The first-order valence-electron chi connectivity index (χ1n) is 7.99. The molecule has 1 aliphatic rings. The average Bonchev–Trinajstić information content (AvgIpc) is 3.07. The van der Waals surface area contributed by atoms with Crippen LogP contribution in [0.25, 0.3) is 0 Å². The van der Waals surface area contributed by atoms with E-state index in [0.29, 0.717) is 11.5 Å². The molecule has 1 aliphatic heterocycles. The third-order valence-corrected chi connectivity index (χ3v) is 6.92. The van der Waals surface area contributed by atoms with E-state index in [1.807, 2.05) is 20.8 Å². The van der Waals surface area contributed by atoms with Gasteiger partial charge in [0, 0.05) is 24.6 Å². The van der Waals surface area contributed by atoms with Crippen molar-refractivity contribution in [1.29, 1.82) is 0 Å². The number of aromatic nitrogens is 1. The second kappa shape index (κ2) is 6.22. The minimum atomic E-state index is -3.93. The van der Waals surface area contributed by atoms with Crippen LogP contribution >= 0.6 is 0 Å². The van der Waals surface area contributed by atoms with Gasteiger partial charge in [0.1, 0.15) is 16.7 Å². The summed E-state index contributed by atoms with van der Waals surface area (Å²) in [5.74, 6) is 0.143. The molecule has 0 spiro atoms. The molecule has 0 amide bonds. The first-order chi connectivity index (χ1) is 10.9. The van der Waals surface area contributed by atoms with Crippen LogP contribution in [0.5, 0.6) is 0 Å². The van der Waals surface area contributed by atoms with Crippen molar-refractivity contribution in [1.82, 2.24) is 9.46 Å². The molecule has 1 atom stereocenters. The van der Waals surface area contributed by atoms with E-state index >= 15 is 0 Å². The highest BCUT2D eigenvalue weighted by Gasteiger charge is 2.47. The van der Waals surface area contributed by atoms with Crippen LogP contribution in [0.1, 0.15) is 52.5 Å². The second-order valence-corrected chi connectivity index (χ2v) is 10.3. The molecule has 24 heavy (non-hydrogen) atoms. The third-order valence-electron chi connectivity index (χ3n) is 4.39. The highest BCUT2D eigenvalue weighted by atomic mass is 32.2. The molecule has 0 aliphatic carbocycles. The zero-order valence-electron chi connectivity index (χ0n) is 14.8. The van der Waals surface area contributed by atoms with E-state index in [9.17, 15) is 17.6 Å². The molecule has 0 N–H and O–H groups in total. The lowest BCUT2D eigenvalue weighted by atomic mass is 9.92. The van der Waals surface area contributed by atoms with Gasteiger partial charge in [0.05, 0.1) is 12.1 Å². The van der Waals surface area contributed by atoms with Crippen LogP contribution in [0.4, 0.5) is 4.39 Å². The summed E-state index contributed by atoms with van der Waals surface area (Å²) in [7, 11) is -3.93. The molecule has 0 unspecified atom stereocenters. The second-order valence-electron chi connectivity index (χ2n) is 7.79. The van der Waals surface area contributed by atoms with Crippen LogP contribution in [0.15, 0.2) is 10.6 Å². The number of carbonyl (C=O) groups excluding carboxylic acids is 1. The molecular weight excluding hydrogens is 335 g/mol. The van der Waals surface area contributed by atoms with Gasteiger partial charge in [-0.3, -0.25) is 4.79 Å². The van der Waals surface area contributed by atoms with Gasteiger partial charge < -0.3 is 4.52 Å². The summed E-state index contributed by atoms with van der Waals surface area (Å²) in [5, 5.41) is 3.86. The van der Waals surface area contributed by atoms with Crippen molar-refractivity contribution in [2.24, 2.45) is 0 Å². The van der Waals surface area contributed by atoms with E-state index in [1.54, 1.807) is 6.07 Å². The average molecular weight is 360 g/mol. The fourth-order valence-electron chi connectivity index (χ4n) is 2.50. The van der Waals surface area contributed by atoms with Crippen molar-refractivity contribution in [3.05, 3.63) is 17.5 Å². The Morgan fingerprint density at radius 1 is 1.38 bits per heavy atom. The Morgan fingerprint density at radius 3 is 2.46 bits per heavy atom. The SMILES string of the molecule is CC(C)(C)c1cc(CC(=O)C(C)(C)S(=O)(=O)N2CC[C@@H](F)C2)no1. The summed E-state index contributed by atoms with van der Waals surface area (Å²) >= 11 is 0. The van der Waals surface area contributed by atoms with Crippen LogP contribution < -0.4 is 0 Å². The molecule has 136 valence electrons. The van der Waals surface area contributed by atoms with Crippen LogP contribution in [0.3, 0.4) is 0 Å². The molecule has 1 aromatic rings. The standard InChI is InChI=1S/C16H25FN2O4S/c1-15(2,3)14-9-12(18-23-14)8-13(20)16(4,5)24(21,22)19-7-6-11(17)10-19/h9,11H,6-8,10H2,1-5H3/t11-/m1/s1. The van der Waals surface area contributed by atoms with Gasteiger partial charge in [0.15, 0.2) is 5.78 Å². The lowest BCUT2D eigenvalue weighted by Gasteiger charge is -2.28. The number of sulfonamides is 1. The smallest absolute Gasteiger partial charge is 0.226 e. The molecule has 6 nitrogen and oxygen atoms in total. The first kappa shape index (κ1) is 19.1. The van der Waals surface area contributed by atoms with Crippen molar-refractivity contribution in [3.8, 4) is 0 Å². The van der Waals surface area contributed by atoms with Gasteiger partial charge in [0.2, 0.25) is 10.0 Å². The van der Waals surface area contributed by atoms with Gasteiger partial charge in [-0.2, -0.15) is 4.31 Å². The maximum atomic E-state index is 13.3. The maximum Gasteiger partial charge on any atom is 0.226 e. The summed E-state index contributed by atoms with van der Waals surface area (Å²) in [4.78, 5) is 12.6. The normalized spacial score (nSPS) is 20.5. The van der Waals surface area contributed by atoms with Crippen molar-refractivity contribution in [3.63, 3.8) is 0 Å². The molecule has 2 heterocycles. The topological polar surface area (TPSA) is 80.5 Å². The Balaban J connectivity index is 2.17. The van der Waals surface area contributed by atoms with E-state index in [-0.39, 0.29) is 31.3 Å². The van der Waals surface area contributed by atoms with E-state index in [1.165, 1.54) is 13.8 Å². The van der Waals surface area contributed by atoms with E-state index in [2.05, 4.69) is 5.16 Å². The number of carbonyl (C=O) groups is 1. The zero-order chi connectivity index (χ0) is 18.3. The molecule has 0 bridgehead atoms. The predicted molar refractivity (Wildman–Crippen MR) is 88.0 cm³/mol. The monoisotopic (exact) mass is 360 g/mol. The largest absolute Gasteiger partial charge is 0.361 e. The Morgan fingerprint density at radius 2 is 2.00 bits per heavy atom. The van der Waals surface area contributed by atoms with Gasteiger partial charge in [0.25, 0.3) is 0 Å². The van der Waals surface area contributed by atoms with Crippen molar-refractivity contribution < 1.29 is 22.1 Å². The van der Waals surface area contributed by atoms with Crippen molar-refractivity contribution in [2.45, 2.75) is 63.8 Å². The third kappa shape index (κ3) is 3.54. The first-order valence-corrected chi connectivity index (χ1v) is 9.43. The van der Waals surface area contributed by atoms with E-state index < -0.39 is 26.7 Å². The van der Waals surface area contributed by atoms with Gasteiger partial charge in [-0.1, -0.05) is 25.9 Å². The number of hydrogen-bond donors (Lipinski definition) is 0. The molecule has 1 fully saturated rings. The number of ketones is 1. The zero-order valence-corrected chi connectivity index (χ0v) is 15.6. The Hall–Kier alpha value is -1.28. The number of Topliss-reactive ketones (excluding diaryl/α,β-unsaturated/α-hetero) is 1. The highest BCUT2D eigenvalue weighted by molar-refractivity contribution is 7.91. The Kier molecular flexibility index (Phi) is 4.94. The van der Waals surface area contributed by atoms with Crippen LogP contribution in [-0.2, 0) is 26.7 Å². The van der Waals surface area contributed by atoms with Gasteiger partial charge in [-0.15, -0.1) is 0 Å². The molecule has 8 heteroatoms. The lowest BCUT2D eigenvalue weighted by molar-refractivity contribution is -0.120. The molecule has 1 aromatic heterocycles. The minimum absolute atomic E-state index is 0.109. The molecule has 0 saturated carbocycles. The minimum Gasteiger partial charge on any atom is -0.361 e.